The molecule has 34 heavy (non-hydrogen) atoms. The minimum atomic E-state index is -0.827. The van der Waals surface area contributed by atoms with Gasteiger partial charge < -0.3 is 18.6 Å². The molecule has 0 spiro atoms. The van der Waals surface area contributed by atoms with Crippen LogP contribution >= 0.6 is 11.6 Å². The highest BCUT2D eigenvalue weighted by Gasteiger charge is 2.19. The molecular weight excluding hydrogens is 462 g/mol. The maximum Gasteiger partial charge on any atom is 0.412 e. The van der Waals surface area contributed by atoms with E-state index in [-0.39, 0.29) is 12.2 Å². The van der Waals surface area contributed by atoms with Gasteiger partial charge in [0.05, 0.1) is 11.6 Å². The number of ether oxygens (including phenoxy) is 3. The van der Waals surface area contributed by atoms with Crippen molar-refractivity contribution < 1.29 is 28.2 Å². The number of hydrogen-bond donors (Lipinski definition) is 1. The van der Waals surface area contributed by atoms with E-state index in [1.807, 2.05) is 0 Å². The summed E-state index contributed by atoms with van der Waals surface area (Å²) in [5, 5.41) is 3.56. The van der Waals surface area contributed by atoms with Gasteiger partial charge in [-0.05, 0) is 58.9 Å². The molecule has 0 saturated heterocycles. The second-order valence-electron chi connectivity index (χ2n) is 8.47. The van der Waals surface area contributed by atoms with E-state index in [2.05, 4.69) is 5.32 Å². The Balaban J connectivity index is 1.91. The Kier molecular flexibility index (Phi) is 7.51. The molecule has 0 aliphatic heterocycles. The van der Waals surface area contributed by atoms with E-state index >= 15 is 0 Å². The van der Waals surface area contributed by atoms with Crippen molar-refractivity contribution in [3.63, 3.8) is 0 Å². The first kappa shape index (κ1) is 25.1. The van der Waals surface area contributed by atoms with Crippen molar-refractivity contribution in [3.8, 4) is 16.9 Å². The van der Waals surface area contributed by atoms with Crippen LogP contribution in [0.4, 0.5) is 10.5 Å². The van der Waals surface area contributed by atoms with Gasteiger partial charge >= 0.3 is 17.7 Å². The summed E-state index contributed by atoms with van der Waals surface area (Å²) in [5.41, 5.74) is 0.613. The fraction of sp³-hybridized carbons (Fsp3) is 0.320. The van der Waals surface area contributed by atoms with Crippen molar-refractivity contribution in [2.45, 2.75) is 46.3 Å². The summed E-state index contributed by atoms with van der Waals surface area (Å²) in [6, 6.07) is 11.2. The van der Waals surface area contributed by atoms with Crippen LogP contribution in [0.1, 0.15) is 34.6 Å². The van der Waals surface area contributed by atoms with E-state index in [0.29, 0.717) is 33.0 Å². The van der Waals surface area contributed by atoms with Crippen LogP contribution in [0.15, 0.2) is 51.7 Å². The van der Waals surface area contributed by atoms with Gasteiger partial charge in [0.1, 0.15) is 16.9 Å². The molecular formula is C25H26ClNO7. The van der Waals surface area contributed by atoms with E-state index in [1.54, 1.807) is 65.0 Å². The van der Waals surface area contributed by atoms with Gasteiger partial charge in [0, 0.05) is 34.3 Å². The number of nitrogens with one attached hydrogen (secondary N) is 1. The van der Waals surface area contributed by atoms with Gasteiger partial charge in [0.25, 0.3) is 0 Å². The topological polar surface area (TPSA) is 104 Å². The summed E-state index contributed by atoms with van der Waals surface area (Å²) in [5.74, 6) is -0.152. The second-order valence-corrected chi connectivity index (χ2v) is 8.88. The molecule has 2 aromatic carbocycles. The zero-order valence-corrected chi connectivity index (χ0v) is 20.3. The predicted octanol–water partition coefficient (Wildman–Crippen LogP) is 5.79. The molecule has 0 fully saturated rings. The van der Waals surface area contributed by atoms with Crippen LogP contribution in [0.2, 0.25) is 5.02 Å². The number of carbonyl (C=O) groups is 2. The van der Waals surface area contributed by atoms with Gasteiger partial charge in [-0.1, -0.05) is 17.7 Å². The maximum absolute atomic E-state index is 12.3. The number of esters is 1. The van der Waals surface area contributed by atoms with Gasteiger partial charge in [0.15, 0.2) is 6.10 Å². The third kappa shape index (κ3) is 6.29. The Bertz CT molecular complexity index is 1280. The standard InChI is InChI=1S/C25H26ClNO7/c1-6-31-23(29)14(2)32-16-8-10-18-19(13-22(28)33-21(18)12-16)17-9-7-15(11-20(17)26)27-24(30)34-25(3,4)5/h7-14H,6H2,1-5H3,(H,27,30)/t14-/m1/s1. The van der Waals surface area contributed by atoms with Crippen molar-refractivity contribution in [1.29, 1.82) is 0 Å². The molecule has 1 heterocycles. The minimum absolute atomic E-state index is 0.245. The zero-order valence-electron chi connectivity index (χ0n) is 19.6. The van der Waals surface area contributed by atoms with Crippen LogP contribution < -0.4 is 15.7 Å². The van der Waals surface area contributed by atoms with Gasteiger partial charge in [-0.3, -0.25) is 5.32 Å². The number of hydrogen-bond acceptors (Lipinski definition) is 7. The van der Waals surface area contributed by atoms with Crippen LogP contribution in [-0.4, -0.2) is 30.4 Å². The number of benzene rings is 2. The van der Waals surface area contributed by atoms with E-state index in [1.165, 1.54) is 12.1 Å². The summed E-state index contributed by atoms with van der Waals surface area (Å²) >= 11 is 6.50. The molecule has 0 radical (unpaired) electrons. The normalized spacial score (nSPS) is 12.2. The van der Waals surface area contributed by atoms with Gasteiger partial charge in [-0.2, -0.15) is 0 Å². The average molecular weight is 488 g/mol. The number of amides is 1. The Hall–Kier alpha value is -3.52. The van der Waals surface area contributed by atoms with Crippen LogP contribution in [0.3, 0.4) is 0 Å². The molecule has 9 heteroatoms. The maximum atomic E-state index is 12.3. The highest BCUT2D eigenvalue weighted by molar-refractivity contribution is 6.34. The Morgan fingerprint density at radius 1 is 1.09 bits per heavy atom. The lowest BCUT2D eigenvalue weighted by atomic mass is 10.0. The first-order chi connectivity index (χ1) is 16.0. The fourth-order valence-electron chi connectivity index (χ4n) is 3.18. The van der Waals surface area contributed by atoms with Crippen molar-refractivity contribution in [3.05, 3.63) is 57.9 Å². The van der Waals surface area contributed by atoms with Crippen LogP contribution in [0.5, 0.6) is 5.75 Å². The van der Waals surface area contributed by atoms with E-state index in [4.69, 9.17) is 30.2 Å². The molecule has 0 aliphatic rings. The quantitative estimate of drug-likeness (QED) is 0.346. The molecule has 1 amide bonds. The van der Waals surface area contributed by atoms with Gasteiger partial charge in [0.2, 0.25) is 0 Å². The highest BCUT2D eigenvalue weighted by Crippen LogP contribution is 2.35. The van der Waals surface area contributed by atoms with E-state index < -0.39 is 29.4 Å². The number of fused-ring (bicyclic) bond motifs is 1. The molecule has 1 atom stereocenters. The monoisotopic (exact) mass is 487 g/mol. The van der Waals surface area contributed by atoms with Gasteiger partial charge in [-0.25, -0.2) is 14.4 Å². The predicted molar refractivity (Wildman–Crippen MR) is 130 cm³/mol. The molecule has 3 rings (SSSR count). The summed E-state index contributed by atoms with van der Waals surface area (Å²) < 4.78 is 21.2. The smallest absolute Gasteiger partial charge is 0.412 e. The molecule has 180 valence electrons. The van der Waals surface area contributed by atoms with Crippen molar-refractivity contribution in [1.82, 2.24) is 0 Å². The first-order valence-electron chi connectivity index (χ1n) is 10.7. The third-order valence-electron chi connectivity index (χ3n) is 4.55. The minimum Gasteiger partial charge on any atom is -0.479 e. The molecule has 1 aromatic heterocycles. The van der Waals surface area contributed by atoms with Crippen molar-refractivity contribution in [2.24, 2.45) is 0 Å². The van der Waals surface area contributed by atoms with E-state index in [9.17, 15) is 14.4 Å². The summed E-state index contributed by atoms with van der Waals surface area (Å²) in [4.78, 5) is 36.1. The SMILES string of the molecule is CCOC(=O)[C@@H](C)Oc1ccc2c(-c3ccc(NC(=O)OC(C)(C)C)cc3Cl)cc(=O)oc2c1. The van der Waals surface area contributed by atoms with Crippen molar-refractivity contribution >= 4 is 40.3 Å². The Morgan fingerprint density at radius 3 is 2.47 bits per heavy atom. The molecule has 8 nitrogen and oxygen atoms in total. The number of carbonyl (C=O) groups excluding carboxylic acids is 2. The van der Waals surface area contributed by atoms with Crippen molar-refractivity contribution in [2.75, 3.05) is 11.9 Å². The highest BCUT2D eigenvalue weighted by atomic mass is 35.5. The average Bonchev–Trinajstić information content (AvgIpc) is 2.71. The molecule has 0 unspecified atom stereocenters. The molecule has 0 saturated carbocycles. The van der Waals surface area contributed by atoms with Crippen LogP contribution in [-0.2, 0) is 14.3 Å². The number of halogens is 1. The third-order valence-corrected chi connectivity index (χ3v) is 4.86. The summed E-state index contributed by atoms with van der Waals surface area (Å²) in [6.07, 6.45) is -1.43. The number of rotatable bonds is 6. The largest absolute Gasteiger partial charge is 0.479 e. The van der Waals surface area contributed by atoms with E-state index in [0.717, 1.165) is 0 Å². The Morgan fingerprint density at radius 2 is 1.82 bits per heavy atom. The fourth-order valence-corrected chi connectivity index (χ4v) is 3.47. The number of anilines is 1. The molecule has 1 N–H and O–H groups in total. The lowest BCUT2D eigenvalue weighted by molar-refractivity contribution is -0.150. The summed E-state index contributed by atoms with van der Waals surface area (Å²) in [6.45, 7) is 8.83. The van der Waals surface area contributed by atoms with Crippen LogP contribution in [0, 0.1) is 0 Å². The molecule has 0 bridgehead atoms. The lowest BCUT2D eigenvalue weighted by Crippen LogP contribution is -2.27. The molecule has 0 aliphatic carbocycles. The molecule has 3 aromatic rings. The zero-order chi connectivity index (χ0) is 25.0. The summed E-state index contributed by atoms with van der Waals surface area (Å²) in [7, 11) is 0. The van der Waals surface area contributed by atoms with Crippen LogP contribution in [0.25, 0.3) is 22.1 Å². The first-order valence-corrected chi connectivity index (χ1v) is 11.1. The van der Waals surface area contributed by atoms with Gasteiger partial charge in [-0.15, -0.1) is 0 Å². The second kappa shape index (κ2) is 10.2. The Labute approximate surface area is 201 Å². The lowest BCUT2D eigenvalue weighted by Gasteiger charge is -2.20.